The van der Waals surface area contributed by atoms with Crippen LogP contribution in [0, 0.1) is 0 Å². The van der Waals surface area contributed by atoms with Crippen molar-refractivity contribution in [2.24, 2.45) is 7.05 Å². The van der Waals surface area contributed by atoms with Crippen molar-refractivity contribution >= 4 is 40.4 Å². The third kappa shape index (κ3) is 5.17. The summed E-state index contributed by atoms with van der Waals surface area (Å²) >= 11 is 1.50. The molecule has 2 aromatic carbocycles. The maximum atomic E-state index is 12.9. The van der Waals surface area contributed by atoms with Crippen LogP contribution in [0.25, 0.3) is 10.9 Å². The molecular weight excluding hydrogens is 450 g/mol. The van der Waals surface area contributed by atoms with E-state index in [1.54, 1.807) is 24.6 Å². The zero-order valence-corrected chi connectivity index (χ0v) is 20.1. The van der Waals surface area contributed by atoms with Crippen molar-refractivity contribution in [3.05, 3.63) is 77.3 Å². The van der Waals surface area contributed by atoms with Gasteiger partial charge in [0.2, 0.25) is 5.91 Å². The Hall–Kier alpha value is -3.52. The number of nitrogens with one attached hydrogen (secondary N) is 1. The monoisotopic (exact) mass is 477 g/mol. The van der Waals surface area contributed by atoms with E-state index in [1.807, 2.05) is 48.5 Å². The SMILES string of the molecule is C=C(C)OC(=O)N1CCCCC1C(=O)Nc1ccc(Sc2cc(=O)n(C)c3ccccc23)cc1. The van der Waals surface area contributed by atoms with E-state index in [1.165, 1.54) is 16.7 Å². The molecule has 1 aliphatic rings. The summed E-state index contributed by atoms with van der Waals surface area (Å²) < 4.78 is 6.76. The second-order valence-corrected chi connectivity index (χ2v) is 9.43. The average molecular weight is 478 g/mol. The summed E-state index contributed by atoms with van der Waals surface area (Å²) in [5.41, 5.74) is 1.46. The topological polar surface area (TPSA) is 80.6 Å². The summed E-state index contributed by atoms with van der Waals surface area (Å²) in [5, 5.41) is 3.92. The molecule has 1 aliphatic heterocycles. The predicted octanol–water partition coefficient (Wildman–Crippen LogP) is 5.15. The van der Waals surface area contributed by atoms with Crippen LogP contribution in [-0.2, 0) is 16.6 Å². The molecule has 2 amide bonds. The highest BCUT2D eigenvalue weighted by molar-refractivity contribution is 7.99. The molecule has 0 radical (unpaired) electrons. The molecule has 2 heterocycles. The highest BCUT2D eigenvalue weighted by atomic mass is 32.2. The van der Waals surface area contributed by atoms with Gasteiger partial charge in [-0.25, -0.2) is 4.79 Å². The quantitative estimate of drug-likeness (QED) is 0.514. The van der Waals surface area contributed by atoms with Gasteiger partial charge in [0, 0.05) is 40.5 Å². The molecule has 0 spiro atoms. The van der Waals surface area contributed by atoms with Gasteiger partial charge in [-0.3, -0.25) is 14.5 Å². The molecule has 0 saturated carbocycles. The van der Waals surface area contributed by atoms with E-state index in [-0.39, 0.29) is 11.5 Å². The molecule has 1 atom stereocenters. The fourth-order valence-electron chi connectivity index (χ4n) is 4.05. The van der Waals surface area contributed by atoms with Gasteiger partial charge in [-0.1, -0.05) is 36.5 Å². The van der Waals surface area contributed by atoms with Crippen molar-refractivity contribution in [3.63, 3.8) is 0 Å². The number of ether oxygens (including phenoxy) is 1. The van der Waals surface area contributed by atoms with Crippen molar-refractivity contribution in [1.29, 1.82) is 0 Å². The number of aromatic nitrogens is 1. The lowest BCUT2D eigenvalue weighted by Gasteiger charge is -2.33. The standard InChI is InChI=1S/C26H27N3O4S/c1-17(2)33-26(32)29-15-7-6-10-22(29)25(31)27-18-11-13-19(14-12-18)34-23-16-24(30)28(3)21-9-5-4-8-20(21)23/h4-5,8-9,11-14,16,22H,1,6-7,10,15H2,2-3H3,(H,27,31). The Morgan fingerprint density at radius 3 is 2.59 bits per heavy atom. The van der Waals surface area contributed by atoms with Gasteiger partial charge in [0.25, 0.3) is 5.56 Å². The molecule has 1 unspecified atom stereocenters. The number of rotatable bonds is 5. The van der Waals surface area contributed by atoms with Gasteiger partial charge in [-0.15, -0.1) is 0 Å². The summed E-state index contributed by atoms with van der Waals surface area (Å²) in [4.78, 5) is 41.0. The molecule has 0 aliphatic carbocycles. The first-order valence-electron chi connectivity index (χ1n) is 11.1. The normalized spacial score (nSPS) is 15.7. The van der Waals surface area contributed by atoms with Crippen molar-refractivity contribution in [3.8, 4) is 0 Å². The van der Waals surface area contributed by atoms with E-state index in [9.17, 15) is 14.4 Å². The van der Waals surface area contributed by atoms with Gasteiger partial charge >= 0.3 is 6.09 Å². The van der Waals surface area contributed by atoms with Crippen LogP contribution < -0.4 is 10.9 Å². The van der Waals surface area contributed by atoms with Gasteiger partial charge in [-0.2, -0.15) is 0 Å². The number of pyridine rings is 1. The summed E-state index contributed by atoms with van der Waals surface area (Å²) in [6.45, 7) is 5.68. The number of hydrogen-bond donors (Lipinski definition) is 1. The summed E-state index contributed by atoms with van der Waals surface area (Å²) in [6.07, 6.45) is 1.74. The Balaban J connectivity index is 1.47. The van der Waals surface area contributed by atoms with Crippen molar-refractivity contribution in [2.45, 2.75) is 42.0 Å². The van der Waals surface area contributed by atoms with E-state index in [0.29, 0.717) is 24.4 Å². The highest BCUT2D eigenvalue weighted by Crippen LogP contribution is 2.33. The van der Waals surface area contributed by atoms with Crippen molar-refractivity contribution in [2.75, 3.05) is 11.9 Å². The van der Waals surface area contributed by atoms with Gasteiger partial charge in [0.05, 0.1) is 11.3 Å². The number of aryl methyl sites for hydroxylation is 1. The smallest absolute Gasteiger partial charge is 0.415 e. The molecule has 3 aromatic rings. The van der Waals surface area contributed by atoms with E-state index in [4.69, 9.17) is 4.74 Å². The number of amides is 2. The van der Waals surface area contributed by atoms with Crippen LogP contribution in [0.5, 0.6) is 0 Å². The van der Waals surface area contributed by atoms with Crippen LogP contribution in [0.4, 0.5) is 10.5 Å². The molecule has 0 bridgehead atoms. The molecule has 176 valence electrons. The first-order chi connectivity index (χ1) is 16.3. The molecule has 4 rings (SSSR count). The second kappa shape index (κ2) is 10.2. The average Bonchev–Trinajstić information content (AvgIpc) is 2.83. The third-order valence-electron chi connectivity index (χ3n) is 5.77. The Morgan fingerprint density at radius 1 is 1.12 bits per heavy atom. The maximum absolute atomic E-state index is 12.9. The Kier molecular flexibility index (Phi) is 7.07. The predicted molar refractivity (Wildman–Crippen MR) is 134 cm³/mol. The number of hydrogen-bond acceptors (Lipinski definition) is 5. The summed E-state index contributed by atoms with van der Waals surface area (Å²) in [6, 6.07) is 16.3. The van der Waals surface area contributed by atoms with Crippen LogP contribution in [0.3, 0.4) is 0 Å². The van der Waals surface area contributed by atoms with Crippen LogP contribution in [0.2, 0.25) is 0 Å². The number of anilines is 1. The molecular formula is C26H27N3O4S. The maximum Gasteiger partial charge on any atom is 0.415 e. The van der Waals surface area contributed by atoms with Crippen LogP contribution >= 0.6 is 11.8 Å². The van der Waals surface area contributed by atoms with E-state index < -0.39 is 12.1 Å². The zero-order chi connectivity index (χ0) is 24.2. The van der Waals surface area contributed by atoms with E-state index in [0.717, 1.165) is 33.5 Å². The summed E-state index contributed by atoms with van der Waals surface area (Å²) in [5.74, 6) is 0.0585. The number of allylic oxidation sites excluding steroid dienone is 1. The number of benzene rings is 2. The third-order valence-corrected chi connectivity index (χ3v) is 6.83. The van der Waals surface area contributed by atoms with Crippen LogP contribution in [-0.4, -0.2) is 34.1 Å². The fraction of sp³-hybridized carbons (Fsp3) is 0.269. The highest BCUT2D eigenvalue weighted by Gasteiger charge is 2.33. The summed E-state index contributed by atoms with van der Waals surface area (Å²) in [7, 11) is 1.77. The lowest BCUT2D eigenvalue weighted by Crippen LogP contribution is -2.50. The number of para-hydroxylation sites is 1. The minimum absolute atomic E-state index is 0.0627. The number of likely N-dealkylation sites (tertiary alicyclic amines) is 1. The Morgan fingerprint density at radius 2 is 1.85 bits per heavy atom. The number of piperidine rings is 1. The van der Waals surface area contributed by atoms with Gasteiger partial charge in [-0.05, 0) is 56.5 Å². The van der Waals surface area contributed by atoms with Gasteiger partial charge in [0.1, 0.15) is 6.04 Å². The first kappa shape index (κ1) is 23.6. The minimum Gasteiger partial charge on any atom is -0.416 e. The molecule has 34 heavy (non-hydrogen) atoms. The zero-order valence-electron chi connectivity index (χ0n) is 19.2. The van der Waals surface area contributed by atoms with Crippen molar-refractivity contribution in [1.82, 2.24) is 9.47 Å². The molecule has 1 N–H and O–H groups in total. The largest absolute Gasteiger partial charge is 0.416 e. The second-order valence-electron chi connectivity index (χ2n) is 8.31. The van der Waals surface area contributed by atoms with Crippen LogP contribution in [0.1, 0.15) is 26.2 Å². The lowest BCUT2D eigenvalue weighted by molar-refractivity contribution is -0.121. The number of nitrogens with zero attached hydrogens (tertiary/aromatic N) is 2. The minimum atomic E-state index is -0.582. The molecule has 1 saturated heterocycles. The number of fused-ring (bicyclic) bond motifs is 1. The molecule has 1 aromatic heterocycles. The number of carbonyl (C=O) groups is 2. The first-order valence-corrected chi connectivity index (χ1v) is 12.0. The van der Waals surface area contributed by atoms with Gasteiger partial charge < -0.3 is 14.6 Å². The van der Waals surface area contributed by atoms with E-state index >= 15 is 0 Å². The fourth-order valence-corrected chi connectivity index (χ4v) is 5.02. The van der Waals surface area contributed by atoms with Crippen molar-refractivity contribution < 1.29 is 14.3 Å². The van der Waals surface area contributed by atoms with Gasteiger partial charge in [0.15, 0.2) is 0 Å². The Bertz CT molecular complexity index is 1300. The Labute approximate surface area is 202 Å². The van der Waals surface area contributed by atoms with Crippen LogP contribution in [0.15, 0.2) is 81.5 Å². The molecule has 1 fully saturated rings. The molecule has 8 heteroatoms. The number of carbonyl (C=O) groups excluding carboxylic acids is 2. The molecule has 7 nitrogen and oxygen atoms in total. The lowest BCUT2D eigenvalue weighted by atomic mass is 10.0. The van der Waals surface area contributed by atoms with E-state index in [2.05, 4.69) is 11.9 Å².